The number of aryl methyl sites for hydroxylation is 1. The Bertz CT molecular complexity index is 495. The number of hydrogen-bond acceptors (Lipinski definition) is 5. The van der Waals surface area contributed by atoms with E-state index in [1.165, 1.54) is 9.88 Å². The van der Waals surface area contributed by atoms with Crippen LogP contribution in [0.25, 0.3) is 0 Å². The third kappa shape index (κ3) is 3.75. The summed E-state index contributed by atoms with van der Waals surface area (Å²) in [5.74, 6) is 0.506. The number of halogens is 1. The number of aromatic nitrogens is 2. The minimum Gasteiger partial charge on any atom is -0.301 e. The monoisotopic (exact) mass is 301 g/mol. The molecule has 3 nitrogen and oxygen atoms in total. The highest BCUT2D eigenvalue weighted by atomic mass is 35.5. The predicted molar refractivity (Wildman–Crippen MR) is 78.6 cm³/mol. The summed E-state index contributed by atoms with van der Waals surface area (Å²) < 4.78 is 0. The lowest BCUT2D eigenvalue weighted by Crippen LogP contribution is -2.20. The van der Waals surface area contributed by atoms with Gasteiger partial charge in [-0.25, -0.2) is 9.97 Å². The number of likely N-dealkylation sites (N-methyl/N-ethyl adjacent to an activating group) is 1. The molecule has 18 heavy (non-hydrogen) atoms. The van der Waals surface area contributed by atoms with E-state index in [0.717, 1.165) is 30.9 Å². The number of alkyl halides is 1. The highest BCUT2D eigenvalue weighted by Crippen LogP contribution is 2.16. The lowest BCUT2D eigenvalue weighted by molar-refractivity contribution is 0.333. The molecule has 2 aromatic rings. The third-order valence-corrected chi connectivity index (χ3v) is 4.85. The van der Waals surface area contributed by atoms with E-state index in [1.807, 2.05) is 10.9 Å². The predicted octanol–water partition coefficient (Wildman–Crippen LogP) is 3.32. The van der Waals surface area contributed by atoms with Crippen molar-refractivity contribution < 1.29 is 0 Å². The lowest BCUT2D eigenvalue weighted by Gasteiger charge is -2.14. The van der Waals surface area contributed by atoms with Gasteiger partial charge in [-0.05, 0) is 14.0 Å². The molecule has 0 spiro atoms. The molecule has 0 saturated heterocycles. The van der Waals surface area contributed by atoms with Gasteiger partial charge in [-0.3, -0.25) is 0 Å². The van der Waals surface area contributed by atoms with Crippen LogP contribution in [0.5, 0.6) is 0 Å². The SMILES string of the molecule is Cc1ncsc1CN(C)CCc1nc(CCl)cs1. The van der Waals surface area contributed by atoms with Gasteiger partial charge in [0, 0.05) is 29.8 Å². The van der Waals surface area contributed by atoms with Crippen LogP contribution in [0.15, 0.2) is 10.9 Å². The van der Waals surface area contributed by atoms with Crippen molar-refractivity contribution in [2.24, 2.45) is 0 Å². The first-order valence-corrected chi connectivity index (χ1v) is 8.05. The zero-order valence-corrected chi connectivity index (χ0v) is 12.9. The molecule has 98 valence electrons. The Balaban J connectivity index is 1.81. The average molecular weight is 302 g/mol. The van der Waals surface area contributed by atoms with Gasteiger partial charge in [-0.15, -0.1) is 34.3 Å². The summed E-state index contributed by atoms with van der Waals surface area (Å²) in [6.07, 6.45) is 0.982. The summed E-state index contributed by atoms with van der Waals surface area (Å²) in [6.45, 7) is 4.03. The summed E-state index contributed by atoms with van der Waals surface area (Å²) in [5.41, 5.74) is 4.04. The molecule has 2 aromatic heterocycles. The highest BCUT2D eigenvalue weighted by Gasteiger charge is 2.07. The molecule has 0 aliphatic heterocycles. The second-order valence-electron chi connectivity index (χ2n) is 4.21. The van der Waals surface area contributed by atoms with Gasteiger partial charge in [0.25, 0.3) is 0 Å². The van der Waals surface area contributed by atoms with Crippen LogP contribution in [0.2, 0.25) is 0 Å². The van der Waals surface area contributed by atoms with Gasteiger partial charge in [0.15, 0.2) is 0 Å². The molecule has 0 aromatic carbocycles. The number of hydrogen-bond donors (Lipinski definition) is 0. The van der Waals surface area contributed by atoms with E-state index in [1.54, 1.807) is 22.7 Å². The molecule has 2 rings (SSSR count). The summed E-state index contributed by atoms with van der Waals surface area (Å²) in [5, 5.41) is 3.20. The van der Waals surface area contributed by atoms with Crippen LogP contribution >= 0.6 is 34.3 Å². The molecular weight excluding hydrogens is 286 g/mol. The summed E-state index contributed by atoms with van der Waals surface area (Å²) in [7, 11) is 2.13. The molecule has 0 amide bonds. The molecule has 0 radical (unpaired) electrons. The maximum atomic E-state index is 5.74. The fourth-order valence-corrected chi connectivity index (χ4v) is 3.49. The Morgan fingerprint density at radius 3 is 2.83 bits per heavy atom. The topological polar surface area (TPSA) is 29.0 Å². The Kier molecular flexibility index (Phi) is 5.12. The van der Waals surface area contributed by atoms with Gasteiger partial charge in [0.1, 0.15) is 0 Å². The first-order chi connectivity index (χ1) is 8.69. The van der Waals surface area contributed by atoms with Gasteiger partial charge in [-0.2, -0.15) is 0 Å². The van der Waals surface area contributed by atoms with E-state index >= 15 is 0 Å². The Labute approximate surface area is 120 Å². The van der Waals surface area contributed by atoms with Crippen molar-refractivity contribution in [3.05, 3.63) is 32.2 Å². The molecule has 0 aliphatic carbocycles. The second-order valence-corrected chi connectivity index (χ2v) is 6.36. The summed E-state index contributed by atoms with van der Waals surface area (Å²) in [6, 6.07) is 0. The van der Waals surface area contributed by atoms with Gasteiger partial charge < -0.3 is 4.90 Å². The number of rotatable bonds is 6. The van der Waals surface area contributed by atoms with Crippen LogP contribution in [0.4, 0.5) is 0 Å². The van der Waals surface area contributed by atoms with Gasteiger partial charge in [0.2, 0.25) is 0 Å². The highest BCUT2D eigenvalue weighted by molar-refractivity contribution is 7.10. The average Bonchev–Trinajstić information content (AvgIpc) is 2.97. The molecule has 2 heterocycles. The minimum atomic E-state index is 0.506. The van der Waals surface area contributed by atoms with Crippen molar-refractivity contribution in [3.8, 4) is 0 Å². The van der Waals surface area contributed by atoms with Crippen LogP contribution < -0.4 is 0 Å². The van der Waals surface area contributed by atoms with Crippen molar-refractivity contribution in [2.75, 3.05) is 13.6 Å². The van der Waals surface area contributed by atoms with Crippen molar-refractivity contribution in [3.63, 3.8) is 0 Å². The van der Waals surface area contributed by atoms with E-state index in [0.29, 0.717) is 5.88 Å². The summed E-state index contributed by atoms with van der Waals surface area (Å²) in [4.78, 5) is 12.4. The maximum Gasteiger partial charge on any atom is 0.0941 e. The van der Waals surface area contributed by atoms with Crippen molar-refractivity contribution in [1.29, 1.82) is 0 Å². The molecule has 0 N–H and O–H groups in total. The molecule has 0 atom stereocenters. The fourth-order valence-electron chi connectivity index (χ4n) is 1.61. The normalized spacial score (nSPS) is 11.3. The zero-order chi connectivity index (χ0) is 13.0. The quantitative estimate of drug-likeness (QED) is 0.767. The van der Waals surface area contributed by atoms with E-state index in [4.69, 9.17) is 11.6 Å². The third-order valence-electron chi connectivity index (χ3n) is 2.70. The van der Waals surface area contributed by atoms with Crippen LogP contribution in [0.3, 0.4) is 0 Å². The molecule has 0 aliphatic rings. The lowest BCUT2D eigenvalue weighted by atomic mass is 10.3. The van der Waals surface area contributed by atoms with Gasteiger partial charge >= 0.3 is 0 Å². The van der Waals surface area contributed by atoms with Gasteiger partial charge in [0.05, 0.1) is 27.8 Å². The number of nitrogens with zero attached hydrogens (tertiary/aromatic N) is 3. The Hall–Kier alpha value is -0.490. The molecule has 0 saturated carbocycles. The van der Waals surface area contributed by atoms with E-state index in [2.05, 4.69) is 28.8 Å². The molecule has 0 fully saturated rings. The summed E-state index contributed by atoms with van der Waals surface area (Å²) >= 11 is 9.16. The number of thiazole rings is 2. The molecule has 6 heteroatoms. The molecule has 0 unspecified atom stereocenters. The van der Waals surface area contributed by atoms with Gasteiger partial charge in [-0.1, -0.05) is 0 Å². The zero-order valence-electron chi connectivity index (χ0n) is 10.5. The van der Waals surface area contributed by atoms with Crippen molar-refractivity contribution in [2.45, 2.75) is 25.8 Å². The minimum absolute atomic E-state index is 0.506. The van der Waals surface area contributed by atoms with E-state index in [-0.39, 0.29) is 0 Å². The van der Waals surface area contributed by atoms with Crippen LogP contribution in [-0.2, 0) is 18.8 Å². The second kappa shape index (κ2) is 6.61. The molecule has 0 bridgehead atoms. The fraction of sp³-hybridized carbons (Fsp3) is 0.500. The van der Waals surface area contributed by atoms with Crippen LogP contribution in [0.1, 0.15) is 21.3 Å². The van der Waals surface area contributed by atoms with E-state index in [9.17, 15) is 0 Å². The van der Waals surface area contributed by atoms with Crippen LogP contribution in [-0.4, -0.2) is 28.5 Å². The first-order valence-electron chi connectivity index (χ1n) is 5.75. The largest absolute Gasteiger partial charge is 0.301 e. The maximum absolute atomic E-state index is 5.74. The Morgan fingerprint density at radius 2 is 2.22 bits per heavy atom. The van der Waals surface area contributed by atoms with E-state index < -0.39 is 0 Å². The first kappa shape index (κ1) is 13.9. The van der Waals surface area contributed by atoms with Crippen LogP contribution in [0, 0.1) is 6.92 Å². The van der Waals surface area contributed by atoms with Crippen molar-refractivity contribution >= 4 is 34.3 Å². The Morgan fingerprint density at radius 1 is 1.39 bits per heavy atom. The molecular formula is C12H16ClN3S2. The standard InChI is InChI=1S/C12H16ClN3S2/c1-9-11(18-8-14-9)6-16(2)4-3-12-15-10(5-13)7-17-12/h7-8H,3-6H2,1-2H3. The smallest absolute Gasteiger partial charge is 0.0941 e. The van der Waals surface area contributed by atoms with Crippen molar-refractivity contribution in [1.82, 2.24) is 14.9 Å².